The summed E-state index contributed by atoms with van der Waals surface area (Å²) in [5, 5.41) is 8.51. The number of anilines is 1. The third kappa shape index (κ3) is 6.80. The molecule has 1 heterocycles. The lowest BCUT2D eigenvalue weighted by atomic mass is 10.0. The van der Waals surface area contributed by atoms with Crippen molar-refractivity contribution >= 4 is 23.5 Å². The molecule has 0 saturated carbocycles. The largest absolute Gasteiger partial charge is 0.351 e. The van der Waals surface area contributed by atoms with Gasteiger partial charge in [0.2, 0.25) is 11.8 Å². The molecule has 4 amide bonds. The van der Waals surface area contributed by atoms with Crippen LogP contribution < -0.4 is 16.0 Å². The van der Waals surface area contributed by atoms with E-state index in [0.717, 1.165) is 11.3 Å². The Kier molecular flexibility index (Phi) is 7.59. The smallest absolute Gasteiger partial charge is 0.321 e. The summed E-state index contributed by atoms with van der Waals surface area (Å²) < 4.78 is 13.1. The molecule has 0 radical (unpaired) electrons. The monoisotopic (exact) mass is 426 g/mol. The number of para-hydroxylation sites is 1. The molecule has 0 bridgehead atoms. The third-order valence-corrected chi connectivity index (χ3v) is 5.20. The van der Waals surface area contributed by atoms with Crippen LogP contribution in [0.3, 0.4) is 0 Å². The summed E-state index contributed by atoms with van der Waals surface area (Å²) in [6.45, 7) is 2.40. The van der Waals surface area contributed by atoms with E-state index in [1.165, 1.54) is 19.1 Å². The molecular formula is C23H27FN4O3. The molecule has 0 unspecified atom stereocenters. The number of likely N-dealkylation sites (tertiary alicyclic amines) is 1. The van der Waals surface area contributed by atoms with Crippen LogP contribution in [0.25, 0.3) is 0 Å². The second kappa shape index (κ2) is 10.6. The molecule has 1 saturated heterocycles. The minimum absolute atomic E-state index is 0.0854. The van der Waals surface area contributed by atoms with E-state index in [2.05, 4.69) is 16.0 Å². The summed E-state index contributed by atoms with van der Waals surface area (Å²) in [6.07, 6.45) is 1.51. The highest BCUT2D eigenvalue weighted by Gasteiger charge is 2.27. The van der Waals surface area contributed by atoms with Crippen molar-refractivity contribution in [3.05, 3.63) is 66.0 Å². The van der Waals surface area contributed by atoms with Crippen LogP contribution in [-0.2, 0) is 16.0 Å². The van der Waals surface area contributed by atoms with Crippen LogP contribution in [0.1, 0.15) is 25.3 Å². The Hall–Kier alpha value is -3.42. The van der Waals surface area contributed by atoms with Crippen molar-refractivity contribution in [3.8, 4) is 0 Å². The van der Waals surface area contributed by atoms with Crippen LogP contribution in [0.5, 0.6) is 0 Å². The zero-order chi connectivity index (χ0) is 22.2. The first-order valence-electron chi connectivity index (χ1n) is 10.3. The number of amides is 4. The topological polar surface area (TPSA) is 90.5 Å². The van der Waals surface area contributed by atoms with E-state index in [9.17, 15) is 18.8 Å². The minimum Gasteiger partial charge on any atom is -0.351 e. The van der Waals surface area contributed by atoms with Gasteiger partial charge in [-0.15, -0.1) is 0 Å². The zero-order valence-corrected chi connectivity index (χ0v) is 17.4. The standard InChI is InChI=1S/C23H27FN4O3/c1-16(29)25-21(15-17-7-9-18(24)10-8-17)22(30)26-20-11-13-28(14-12-20)23(31)27-19-5-3-2-4-6-19/h2-10,20-21H,11-15H2,1H3,(H,25,29)(H,26,30)(H,27,31)/t21-/m1/s1. The zero-order valence-electron chi connectivity index (χ0n) is 17.4. The van der Waals surface area contributed by atoms with Crippen LogP contribution >= 0.6 is 0 Å². The maximum Gasteiger partial charge on any atom is 0.321 e. The number of rotatable bonds is 6. The van der Waals surface area contributed by atoms with Crippen molar-refractivity contribution in [1.29, 1.82) is 0 Å². The molecule has 0 aliphatic carbocycles. The molecule has 1 aliphatic rings. The summed E-state index contributed by atoms with van der Waals surface area (Å²) in [7, 11) is 0. The molecule has 8 heteroatoms. The first-order chi connectivity index (χ1) is 14.9. The van der Waals surface area contributed by atoms with Gasteiger partial charge in [-0.1, -0.05) is 30.3 Å². The Morgan fingerprint density at radius 1 is 1.03 bits per heavy atom. The average molecular weight is 426 g/mol. The van der Waals surface area contributed by atoms with E-state index in [1.54, 1.807) is 17.0 Å². The quantitative estimate of drug-likeness (QED) is 0.663. The molecule has 2 aromatic rings. The normalized spacial score (nSPS) is 15.1. The molecule has 7 nitrogen and oxygen atoms in total. The highest BCUT2D eigenvalue weighted by molar-refractivity contribution is 5.89. The van der Waals surface area contributed by atoms with Gasteiger partial charge in [0.1, 0.15) is 11.9 Å². The van der Waals surface area contributed by atoms with E-state index in [-0.39, 0.29) is 36.1 Å². The van der Waals surface area contributed by atoms with E-state index in [0.29, 0.717) is 25.9 Å². The number of piperidine rings is 1. The van der Waals surface area contributed by atoms with Gasteiger partial charge in [0, 0.05) is 38.2 Å². The SMILES string of the molecule is CC(=O)N[C@H](Cc1ccc(F)cc1)C(=O)NC1CCN(C(=O)Nc2ccccc2)CC1. The lowest BCUT2D eigenvalue weighted by Crippen LogP contribution is -2.53. The van der Waals surface area contributed by atoms with Gasteiger partial charge in [-0.25, -0.2) is 9.18 Å². The number of carbonyl (C=O) groups excluding carboxylic acids is 3. The fraction of sp³-hybridized carbons (Fsp3) is 0.348. The molecule has 1 atom stereocenters. The van der Waals surface area contributed by atoms with Crippen LogP contribution in [0.4, 0.5) is 14.9 Å². The Morgan fingerprint density at radius 2 is 1.68 bits per heavy atom. The van der Waals surface area contributed by atoms with Crippen LogP contribution in [0.2, 0.25) is 0 Å². The number of urea groups is 1. The second-order valence-corrected chi connectivity index (χ2v) is 7.65. The average Bonchev–Trinajstić information content (AvgIpc) is 2.75. The lowest BCUT2D eigenvalue weighted by molar-refractivity contribution is -0.128. The second-order valence-electron chi connectivity index (χ2n) is 7.65. The van der Waals surface area contributed by atoms with Crippen LogP contribution in [0, 0.1) is 5.82 Å². The van der Waals surface area contributed by atoms with E-state index in [4.69, 9.17) is 0 Å². The highest BCUT2D eigenvalue weighted by atomic mass is 19.1. The predicted octanol–water partition coefficient (Wildman–Crippen LogP) is 2.69. The fourth-order valence-corrected chi connectivity index (χ4v) is 3.56. The van der Waals surface area contributed by atoms with Gasteiger partial charge in [-0.3, -0.25) is 9.59 Å². The Labute approximate surface area is 181 Å². The van der Waals surface area contributed by atoms with Gasteiger partial charge in [-0.05, 0) is 42.7 Å². The molecular weight excluding hydrogens is 399 g/mol. The minimum atomic E-state index is -0.748. The Morgan fingerprint density at radius 3 is 2.29 bits per heavy atom. The highest BCUT2D eigenvalue weighted by Crippen LogP contribution is 2.14. The van der Waals surface area contributed by atoms with Crippen molar-refractivity contribution < 1.29 is 18.8 Å². The Balaban J connectivity index is 1.51. The van der Waals surface area contributed by atoms with Crippen LogP contribution in [0.15, 0.2) is 54.6 Å². The van der Waals surface area contributed by atoms with Crippen molar-refractivity contribution in [2.45, 2.75) is 38.3 Å². The van der Waals surface area contributed by atoms with Gasteiger partial charge in [0.15, 0.2) is 0 Å². The molecule has 1 fully saturated rings. The predicted molar refractivity (Wildman–Crippen MR) is 116 cm³/mol. The number of hydrogen-bond donors (Lipinski definition) is 3. The summed E-state index contributed by atoms with van der Waals surface area (Å²) >= 11 is 0. The molecule has 164 valence electrons. The van der Waals surface area contributed by atoms with Gasteiger partial charge < -0.3 is 20.9 Å². The Bertz CT molecular complexity index is 897. The molecule has 3 rings (SSSR count). The van der Waals surface area contributed by atoms with Crippen molar-refractivity contribution in [2.24, 2.45) is 0 Å². The number of nitrogens with one attached hydrogen (secondary N) is 3. The molecule has 3 N–H and O–H groups in total. The first-order valence-corrected chi connectivity index (χ1v) is 10.3. The summed E-state index contributed by atoms with van der Waals surface area (Å²) in [5.74, 6) is -0.950. The van der Waals surface area contributed by atoms with Gasteiger partial charge in [0.05, 0.1) is 0 Å². The first kappa shape index (κ1) is 22.3. The molecule has 1 aliphatic heterocycles. The number of benzene rings is 2. The number of nitrogens with zero attached hydrogens (tertiary/aromatic N) is 1. The fourth-order valence-electron chi connectivity index (χ4n) is 3.56. The number of halogens is 1. The lowest BCUT2D eigenvalue weighted by Gasteiger charge is -2.33. The maximum atomic E-state index is 13.1. The summed E-state index contributed by atoms with van der Waals surface area (Å²) in [5.41, 5.74) is 1.49. The van der Waals surface area contributed by atoms with Gasteiger partial charge in [-0.2, -0.15) is 0 Å². The number of hydrogen-bond acceptors (Lipinski definition) is 3. The van der Waals surface area contributed by atoms with E-state index < -0.39 is 6.04 Å². The van der Waals surface area contributed by atoms with E-state index >= 15 is 0 Å². The summed E-state index contributed by atoms with van der Waals surface area (Å²) in [4.78, 5) is 38.5. The third-order valence-electron chi connectivity index (χ3n) is 5.20. The molecule has 0 aromatic heterocycles. The summed E-state index contributed by atoms with van der Waals surface area (Å²) in [6, 6.07) is 14.1. The van der Waals surface area contributed by atoms with E-state index in [1.807, 2.05) is 30.3 Å². The molecule has 2 aromatic carbocycles. The van der Waals surface area contributed by atoms with Crippen LogP contribution in [-0.4, -0.2) is 47.9 Å². The van der Waals surface area contributed by atoms with Crippen molar-refractivity contribution in [3.63, 3.8) is 0 Å². The number of carbonyl (C=O) groups is 3. The van der Waals surface area contributed by atoms with Crippen molar-refractivity contribution in [1.82, 2.24) is 15.5 Å². The van der Waals surface area contributed by atoms with Gasteiger partial charge >= 0.3 is 6.03 Å². The van der Waals surface area contributed by atoms with Gasteiger partial charge in [0.25, 0.3) is 0 Å². The van der Waals surface area contributed by atoms with Crippen molar-refractivity contribution in [2.75, 3.05) is 18.4 Å². The molecule has 31 heavy (non-hydrogen) atoms. The molecule has 0 spiro atoms. The maximum absolute atomic E-state index is 13.1.